The molecule has 2 rings (SSSR count). The highest BCUT2D eigenvalue weighted by Gasteiger charge is 2.15. The van der Waals surface area contributed by atoms with Crippen LogP contribution in [-0.4, -0.2) is 56.3 Å². The maximum Gasteiger partial charge on any atom is 0.260 e. The van der Waals surface area contributed by atoms with E-state index in [1.165, 1.54) is 5.56 Å². The van der Waals surface area contributed by atoms with E-state index < -0.39 is 6.10 Å². The third-order valence-electron chi connectivity index (χ3n) is 3.99. The summed E-state index contributed by atoms with van der Waals surface area (Å²) < 4.78 is 11.0. The van der Waals surface area contributed by atoms with E-state index in [4.69, 9.17) is 9.47 Å². The molecule has 1 saturated heterocycles. The zero-order valence-electron chi connectivity index (χ0n) is 13.7. The molecule has 1 aliphatic heterocycles. The Hall–Kier alpha value is -1.59. The van der Waals surface area contributed by atoms with Crippen LogP contribution in [0.2, 0.25) is 0 Å². The monoisotopic (exact) mass is 306 g/mol. The number of hydrogen-bond acceptors (Lipinski definition) is 4. The van der Waals surface area contributed by atoms with Gasteiger partial charge < -0.3 is 14.8 Å². The van der Waals surface area contributed by atoms with E-state index in [9.17, 15) is 4.79 Å². The van der Waals surface area contributed by atoms with Gasteiger partial charge in [0.15, 0.2) is 6.10 Å². The number of hydrogen-bond donors (Lipinski definition) is 1. The van der Waals surface area contributed by atoms with Crippen LogP contribution >= 0.6 is 0 Å². The fraction of sp³-hybridized carbons (Fsp3) is 0.588. The van der Waals surface area contributed by atoms with Gasteiger partial charge in [-0.25, -0.2) is 0 Å². The number of aryl methyl sites for hydroxylation is 2. The summed E-state index contributed by atoms with van der Waals surface area (Å²) in [5.41, 5.74) is 2.38. The number of morpholine rings is 1. The molecule has 0 unspecified atom stereocenters. The van der Waals surface area contributed by atoms with Crippen molar-refractivity contribution >= 4 is 5.91 Å². The second kappa shape index (κ2) is 8.15. The van der Waals surface area contributed by atoms with Gasteiger partial charge in [-0.05, 0) is 44.0 Å². The van der Waals surface area contributed by atoms with Gasteiger partial charge in [-0.2, -0.15) is 0 Å². The molecule has 0 spiro atoms. The lowest BCUT2D eigenvalue weighted by Crippen LogP contribution is -2.43. The van der Waals surface area contributed by atoms with Crippen molar-refractivity contribution in [3.8, 4) is 5.75 Å². The van der Waals surface area contributed by atoms with Crippen LogP contribution in [0.15, 0.2) is 18.2 Å². The van der Waals surface area contributed by atoms with Crippen molar-refractivity contribution in [1.29, 1.82) is 0 Å². The molecule has 0 aliphatic carbocycles. The van der Waals surface area contributed by atoms with E-state index in [2.05, 4.69) is 17.1 Å². The molecule has 1 N–H and O–H groups in total. The van der Waals surface area contributed by atoms with Crippen molar-refractivity contribution in [3.63, 3.8) is 0 Å². The normalized spacial score (nSPS) is 17.0. The summed E-state index contributed by atoms with van der Waals surface area (Å²) in [7, 11) is 0. The van der Waals surface area contributed by atoms with Crippen LogP contribution < -0.4 is 10.1 Å². The first kappa shape index (κ1) is 16.8. The minimum Gasteiger partial charge on any atom is -0.481 e. The zero-order chi connectivity index (χ0) is 15.9. The van der Waals surface area contributed by atoms with Gasteiger partial charge in [0.2, 0.25) is 0 Å². The minimum absolute atomic E-state index is 0.0773. The molecule has 0 aromatic heterocycles. The van der Waals surface area contributed by atoms with Crippen molar-refractivity contribution < 1.29 is 14.3 Å². The quantitative estimate of drug-likeness (QED) is 0.866. The summed E-state index contributed by atoms with van der Waals surface area (Å²) in [6, 6.07) is 5.88. The van der Waals surface area contributed by atoms with Crippen molar-refractivity contribution in [2.45, 2.75) is 26.9 Å². The summed E-state index contributed by atoms with van der Waals surface area (Å²) >= 11 is 0. The molecular formula is C17H26N2O3. The Morgan fingerprint density at radius 2 is 2.05 bits per heavy atom. The second-order valence-electron chi connectivity index (χ2n) is 5.75. The molecule has 1 fully saturated rings. The van der Waals surface area contributed by atoms with Crippen molar-refractivity contribution in [2.24, 2.45) is 0 Å². The van der Waals surface area contributed by atoms with E-state index in [0.29, 0.717) is 6.54 Å². The Labute approximate surface area is 132 Å². The largest absolute Gasteiger partial charge is 0.481 e. The van der Waals surface area contributed by atoms with Crippen LogP contribution in [0.4, 0.5) is 0 Å². The molecule has 1 amide bonds. The number of nitrogens with zero attached hydrogens (tertiary/aromatic N) is 1. The topological polar surface area (TPSA) is 50.8 Å². The van der Waals surface area contributed by atoms with Gasteiger partial charge in [0.1, 0.15) is 5.75 Å². The van der Waals surface area contributed by atoms with Gasteiger partial charge in [-0.3, -0.25) is 9.69 Å². The zero-order valence-corrected chi connectivity index (χ0v) is 13.7. The number of nitrogens with one attached hydrogen (secondary N) is 1. The fourth-order valence-corrected chi connectivity index (χ4v) is 2.35. The Balaban J connectivity index is 1.73. The first-order chi connectivity index (χ1) is 10.6. The van der Waals surface area contributed by atoms with E-state index in [1.807, 2.05) is 25.1 Å². The number of benzene rings is 1. The molecule has 1 aromatic carbocycles. The highest BCUT2D eigenvalue weighted by atomic mass is 16.5. The van der Waals surface area contributed by atoms with Crippen LogP contribution in [-0.2, 0) is 9.53 Å². The lowest BCUT2D eigenvalue weighted by Gasteiger charge is -2.26. The summed E-state index contributed by atoms with van der Waals surface area (Å²) in [4.78, 5) is 14.4. The number of amides is 1. The predicted octanol–water partition coefficient (Wildman–Crippen LogP) is 1.52. The SMILES string of the molecule is Cc1ccc(O[C@H](C)C(=O)NCCN2CCOCC2)cc1C. The van der Waals surface area contributed by atoms with Crippen LogP contribution in [0, 0.1) is 13.8 Å². The summed E-state index contributed by atoms with van der Waals surface area (Å²) in [5, 5.41) is 2.93. The third kappa shape index (κ3) is 5.00. The molecule has 22 heavy (non-hydrogen) atoms. The molecule has 1 aliphatic rings. The maximum atomic E-state index is 12.1. The highest BCUT2D eigenvalue weighted by Crippen LogP contribution is 2.17. The number of carbonyl (C=O) groups is 1. The van der Waals surface area contributed by atoms with Gasteiger partial charge in [0.25, 0.3) is 5.91 Å². The molecule has 0 bridgehead atoms. The maximum absolute atomic E-state index is 12.1. The molecule has 122 valence electrons. The highest BCUT2D eigenvalue weighted by molar-refractivity contribution is 5.80. The molecule has 1 heterocycles. The number of rotatable bonds is 6. The second-order valence-corrected chi connectivity index (χ2v) is 5.75. The van der Waals surface area contributed by atoms with Crippen LogP contribution in [0.5, 0.6) is 5.75 Å². The summed E-state index contributed by atoms with van der Waals surface area (Å²) in [6.07, 6.45) is -0.494. The van der Waals surface area contributed by atoms with Crippen molar-refractivity contribution in [3.05, 3.63) is 29.3 Å². The van der Waals surface area contributed by atoms with Gasteiger partial charge in [-0.1, -0.05) is 6.07 Å². The Kier molecular flexibility index (Phi) is 6.21. The molecule has 1 aromatic rings. The molecule has 5 heteroatoms. The van der Waals surface area contributed by atoms with Gasteiger partial charge in [0, 0.05) is 26.2 Å². The van der Waals surface area contributed by atoms with Gasteiger partial charge >= 0.3 is 0 Å². The first-order valence-corrected chi connectivity index (χ1v) is 7.88. The average molecular weight is 306 g/mol. The van der Waals surface area contributed by atoms with Crippen LogP contribution in [0.1, 0.15) is 18.1 Å². The van der Waals surface area contributed by atoms with Gasteiger partial charge in [0.05, 0.1) is 13.2 Å². The van der Waals surface area contributed by atoms with Crippen LogP contribution in [0.25, 0.3) is 0 Å². The van der Waals surface area contributed by atoms with Gasteiger partial charge in [-0.15, -0.1) is 0 Å². The molecule has 0 radical (unpaired) electrons. The molecule has 1 atom stereocenters. The molecule has 0 saturated carbocycles. The smallest absolute Gasteiger partial charge is 0.260 e. The standard InChI is InChI=1S/C17H26N2O3/c1-13-4-5-16(12-14(13)2)22-15(3)17(20)18-6-7-19-8-10-21-11-9-19/h4-5,12,15H,6-11H2,1-3H3,(H,18,20)/t15-/m1/s1. The summed E-state index contributed by atoms with van der Waals surface area (Å²) in [6.45, 7) is 10.8. The Bertz CT molecular complexity index is 499. The third-order valence-corrected chi connectivity index (χ3v) is 3.99. The Morgan fingerprint density at radius 3 is 2.73 bits per heavy atom. The lowest BCUT2D eigenvalue weighted by atomic mass is 10.1. The van der Waals surface area contributed by atoms with E-state index in [0.717, 1.165) is 44.2 Å². The number of ether oxygens (including phenoxy) is 2. The van der Waals surface area contributed by atoms with Crippen molar-refractivity contribution in [2.75, 3.05) is 39.4 Å². The Morgan fingerprint density at radius 1 is 1.32 bits per heavy atom. The van der Waals surface area contributed by atoms with Crippen LogP contribution in [0.3, 0.4) is 0 Å². The van der Waals surface area contributed by atoms with E-state index in [1.54, 1.807) is 6.92 Å². The van der Waals surface area contributed by atoms with E-state index >= 15 is 0 Å². The molecular weight excluding hydrogens is 280 g/mol. The lowest BCUT2D eigenvalue weighted by molar-refractivity contribution is -0.127. The molecule has 5 nitrogen and oxygen atoms in total. The van der Waals surface area contributed by atoms with E-state index in [-0.39, 0.29) is 5.91 Å². The number of carbonyl (C=O) groups excluding carboxylic acids is 1. The average Bonchev–Trinajstić information content (AvgIpc) is 2.52. The first-order valence-electron chi connectivity index (χ1n) is 7.88. The predicted molar refractivity (Wildman–Crippen MR) is 86.3 cm³/mol. The minimum atomic E-state index is -0.494. The van der Waals surface area contributed by atoms with Crippen molar-refractivity contribution in [1.82, 2.24) is 10.2 Å². The fourth-order valence-electron chi connectivity index (χ4n) is 2.35. The summed E-state index contributed by atoms with van der Waals surface area (Å²) in [5.74, 6) is 0.658.